The van der Waals surface area contributed by atoms with E-state index < -0.39 is 16.0 Å². The first-order chi connectivity index (χ1) is 8.42. The van der Waals surface area contributed by atoms with Gasteiger partial charge in [0, 0.05) is 0 Å². The molecule has 0 aliphatic heterocycles. The molecule has 1 aromatic carbocycles. The number of carboxylic acid groups (broad SMARTS) is 1. The maximum absolute atomic E-state index is 11.9. The molecular formula is C11H12N2O4S. The number of hydrogen-bond donors (Lipinski definition) is 2. The minimum atomic E-state index is -3.86. The summed E-state index contributed by atoms with van der Waals surface area (Å²) < 4.78 is 25.9. The lowest BCUT2D eigenvalue weighted by molar-refractivity contribution is 0.0696. The summed E-state index contributed by atoms with van der Waals surface area (Å²) in [5.41, 5.74) is 0.398. The molecule has 0 aliphatic rings. The second-order valence-corrected chi connectivity index (χ2v) is 5.20. The SMILES string of the molecule is CCc1ccc(C(=O)O)cc1S(=O)(=O)NCC#N. The Morgan fingerprint density at radius 2 is 2.17 bits per heavy atom. The Labute approximate surface area is 105 Å². The van der Waals surface area contributed by atoms with Gasteiger partial charge in [-0.15, -0.1) is 0 Å². The lowest BCUT2D eigenvalue weighted by atomic mass is 10.1. The molecular weight excluding hydrogens is 256 g/mol. The molecule has 0 spiro atoms. The van der Waals surface area contributed by atoms with E-state index >= 15 is 0 Å². The van der Waals surface area contributed by atoms with Gasteiger partial charge in [-0.2, -0.15) is 9.98 Å². The van der Waals surface area contributed by atoms with E-state index in [0.29, 0.717) is 12.0 Å². The Morgan fingerprint density at radius 3 is 2.67 bits per heavy atom. The van der Waals surface area contributed by atoms with Gasteiger partial charge in [0.1, 0.15) is 0 Å². The van der Waals surface area contributed by atoms with E-state index in [1.165, 1.54) is 12.1 Å². The summed E-state index contributed by atoms with van der Waals surface area (Å²) in [6.07, 6.45) is 0.447. The fourth-order valence-electron chi connectivity index (χ4n) is 1.43. The Balaban J connectivity index is 3.33. The van der Waals surface area contributed by atoms with Gasteiger partial charge in [-0.25, -0.2) is 13.2 Å². The van der Waals surface area contributed by atoms with Gasteiger partial charge in [-0.3, -0.25) is 0 Å². The third-order valence-corrected chi connectivity index (χ3v) is 3.81. The molecule has 0 saturated heterocycles. The maximum atomic E-state index is 11.9. The summed E-state index contributed by atoms with van der Waals surface area (Å²) in [6.45, 7) is 1.40. The number of hydrogen-bond acceptors (Lipinski definition) is 4. The zero-order valence-corrected chi connectivity index (χ0v) is 10.5. The molecule has 7 heteroatoms. The molecule has 0 radical (unpaired) electrons. The molecule has 2 N–H and O–H groups in total. The zero-order chi connectivity index (χ0) is 13.8. The molecule has 0 amide bonds. The maximum Gasteiger partial charge on any atom is 0.335 e. The van der Waals surface area contributed by atoms with E-state index in [1.54, 1.807) is 13.0 Å². The Hall–Kier alpha value is -1.91. The van der Waals surface area contributed by atoms with E-state index in [4.69, 9.17) is 10.4 Å². The van der Waals surface area contributed by atoms with Crippen LogP contribution in [-0.4, -0.2) is 26.0 Å². The largest absolute Gasteiger partial charge is 0.478 e. The molecule has 0 aliphatic carbocycles. The van der Waals surface area contributed by atoms with E-state index in [9.17, 15) is 13.2 Å². The van der Waals surface area contributed by atoms with Crippen LogP contribution in [0.2, 0.25) is 0 Å². The molecule has 96 valence electrons. The molecule has 18 heavy (non-hydrogen) atoms. The van der Waals surface area contributed by atoms with Crippen molar-refractivity contribution in [2.75, 3.05) is 6.54 Å². The van der Waals surface area contributed by atoms with Crippen molar-refractivity contribution in [1.29, 1.82) is 5.26 Å². The van der Waals surface area contributed by atoms with Crippen molar-refractivity contribution < 1.29 is 18.3 Å². The molecule has 0 aromatic heterocycles. The van der Waals surface area contributed by atoms with Crippen LogP contribution in [0.25, 0.3) is 0 Å². The van der Waals surface area contributed by atoms with Crippen LogP contribution >= 0.6 is 0 Å². The van der Waals surface area contributed by atoms with Crippen LogP contribution in [0.4, 0.5) is 0 Å². The number of carboxylic acids is 1. The van der Waals surface area contributed by atoms with Crippen LogP contribution in [-0.2, 0) is 16.4 Å². The second kappa shape index (κ2) is 5.62. The fourth-order valence-corrected chi connectivity index (χ4v) is 2.68. The van der Waals surface area contributed by atoms with Crippen molar-refractivity contribution in [3.8, 4) is 6.07 Å². The molecule has 6 nitrogen and oxygen atoms in total. The number of aromatic carboxylic acids is 1. The molecule has 0 unspecified atom stereocenters. The van der Waals surface area contributed by atoms with Crippen LogP contribution in [0.3, 0.4) is 0 Å². The third-order valence-electron chi connectivity index (χ3n) is 2.33. The molecule has 0 heterocycles. The van der Waals surface area contributed by atoms with Gasteiger partial charge in [0.25, 0.3) is 0 Å². The topological polar surface area (TPSA) is 107 Å². The number of sulfonamides is 1. The fraction of sp³-hybridized carbons (Fsp3) is 0.273. The van der Waals surface area contributed by atoms with Crippen molar-refractivity contribution in [1.82, 2.24) is 4.72 Å². The Kier molecular flexibility index (Phi) is 4.42. The number of nitrogens with one attached hydrogen (secondary N) is 1. The monoisotopic (exact) mass is 268 g/mol. The standard InChI is InChI=1S/C11H12N2O4S/c1-2-8-3-4-9(11(14)15)7-10(8)18(16,17)13-6-5-12/h3-4,7,13H,2,6H2,1H3,(H,14,15). The van der Waals surface area contributed by atoms with Gasteiger partial charge in [0.2, 0.25) is 10.0 Å². The molecule has 1 rings (SSSR count). The number of aryl methyl sites for hydroxylation is 1. The summed E-state index contributed by atoms with van der Waals surface area (Å²) in [6, 6.07) is 5.57. The summed E-state index contributed by atoms with van der Waals surface area (Å²) in [5, 5.41) is 17.2. The highest BCUT2D eigenvalue weighted by atomic mass is 32.2. The van der Waals surface area contributed by atoms with Crippen molar-refractivity contribution in [2.45, 2.75) is 18.2 Å². The Bertz CT molecular complexity index is 602. The first kappa shape index (κ1) is 14.2. The van der Waals surface area contributed by atoms with E-state index in [2.05, 4.69) is 4.72 Å². The third kappa shape index (κ3) is 3.06. The van der Waals surface area contributed by atoms with E-state index in [0.717, 1.165) is 6.07 Å². The zero-order valence-electron chi connectivity index (χ0n) is 9.67. The first-order valence-electron chi connectivity index (χ1n) is 5.15. The number of benzene rings is 1. The predicted molar refractivity (Wildman–Crippen MR) is 63.6 cm³/mol. The molecule has 0 saturated carbocycles. The molecule has 0 bridgehead atoms. The average Bonchev–Trinajstić information content (AvgIpc) is 2.35. The van der Waals surface area contributed by atoms with E-state index in [-0.39, 0.29) is 17.0 Å². The van der Waals surface area contributed by atoms with Gasteiger partial charge < -0.3 is 5.11 Å². The summed E-state index contributed by atoms with van der Waals surface area (Å²) in [4.78, 5) is 10.7. The number of carbonyl (C=O) groups is 1. The molecule has 1 aromatic rings. The highest BCUT2D eigenvalue weighted by molar-refractivity contribution is 7.89. The van der Waals surface area contributed by atoms with Crippen molar-refractivity contribution in [3.05, 3.63) is 29.3 Å². The second-order valence-electron chi connectivity index (χ2n) is 3.46. The van der Waals surface area contributed by atoms with Crippen LogP contribution in [0, 0.1) is 11.3 Å². The van der Waals surface area contributed by atoms with Gasteiger partial charge in [-0.05, 0) is 24.1 Å². The molecule has 0 atom stereocenters. The molecule has 0 fully saturated rings. The Morgan fingerprint density at radius 1 is 1.50 bits per heavy atom. The van der Waals surface area contributed by atoms with Gasteiger partial charge >= 0.3 is 5.97 Å². The lowest BCUT2D eigenvalue weighted by Crippen LogP contribution is -2.25. The summed E-state index contributed by atoms with van der Waals surface area (Å²) in [5.74, 6) is -1.20. The minimum Gasteiger partial charge on any atom is -0.478 e. The number of nitriles is 1. The lowest BCUT2D eigenvalue weighted by Gasteiger charge is -2.09. The van der Waals surface area contributed by atoms with Crippen LogP contribution in [0.15, 0.2) is 23.1 Å². The van der Waals surface area contributed by atoms with Crippen LogP contribution in [0.1, 0.15) is 22.8 Å². The van der Waals surface area contributed by atoms with Gasteiger partial charge in [-0.1, -0.05) is 13.0 Å². The van der Waals surface area contributed by atoms with Crippen LogP contribution in [0.5, 0.6) is 0 Å². The minimum absolute atomic E-state index is 0.0971. The first-order valence-corrected chi connectivity index (χ1v) is 6.63. The van der Waals surface area contributed by atoms with Crippen LogP contribution < -0.4 is 4.72 Å². The number of rotatable bonds is 5. The smallest absolute Gasteiger partial charge is 0.335 e. The quantitative estimate of drug-likeness (QED) is 0.766. The number of nitrogens with zero attached hydrogens (tertiary/aromatic N) is 1. The van der Waals surface area contributed by atoms with Crippen molar-refractivity contribution in [2.24, 2.45) is 0 Å². The van der Waals surface area contributed by atoms with Gasteiger partial charge in [0.05, 0.1) is 23.1 Å². The summed E-state index contributed by atoms with van der Waals surface area (Å²) >= 11 is 0. The summed E-state index contributed by atoms with van der Waals surface area (Å²) in [7, 11) is -3.86. The van der Waals surface area contributed by atoms with E-state index in [1.807, 2.05) is 0 Å². The normalized spacial score (nSPS) is 10.9. The highest BCUT2D eigenvalue weighted by Gasteiger charge is 2.19. The van der Waals surface area contributed by atoms with Gasteiger partial charge in [0.15, 0.2) is 0 Å². The van der Waals surface area contributed by atoms with Crippen molar-refractivity contribution in [3.63, 3.8) is 0 Å². The highest BCUT2D eigenvalue weighted by Crippen LogP contribution is 2.18. The average molecular weight is 268 g/mol. The van der Waals surface area contributed by atoms with Crippen molar-refractivity contribution >= 4 is 16.0 Å². The predicted octanol–water partition coefficient (Wildman–Crippen LogP) is 0.749.